The van der Waals surface area contributed by atoms with Crippen LogP contribution >= 0.6 is 0 Å². The second kappa shape index (κ2) is 10.0. The van der Waals surface area contributed by atoms with Crippen LogP contribution in [-0.2, 0) is 29.2 Å². The molecule has 0 unspecified atom stereocenters. The summed E-state index contributed by atoms with van der Waals surface area (Å²) < 4.78 is 6.73. The highest BCUT2D eigenvalue weighted by atomic mass is 16.5. The molecule has 1 aromatic carbocycles. The molecule has 0 atom stereocenters. The van der Waals surface area contributed by atoms with Gasteiger partial charge in [0.25, 0.3) is 0 Å². The SMILES string of the molecule is COCc1ccccc1CNC(=O)Nc1ccn(CC(=O)N2CCN(C)CC2)n1. The van der Waals surface area contributed by atoms with Crippen molar-refractivity contribution < 1.29 is 14.3 Å². The van der Waals surface area contributed by atoms with Gasteiger partial charge in [0.2, 0.25) is 5.91 Å². The van der Waals surface area contributed by atoms with E-state index < -0.39 is 0 Å². The lowest BCUT2D eigenvalue weighted by Crippen LogP contribution is -2.48. The van der Waals surface area contributed by atoms with Gasteiger partial charge in [-0.1, -0.05) is 24.3 Å². The topological polar surface area (TPSA) is 91.7 Å². The van der Waals surface area contributed by atoms with Crippen molar-refractivity contribution in [2.45, 2.75) is 19.7 Å². The van der Waals surface area contributed by atoms with Crippen LogP contribution in [0.2, 0.25) is 0 Å². The number of nitrogens with one attached hydrogen (secondary N) is 2. The van der Waals surface area contributed by atoms with Crippen LogP contribution in [0, 0.1) is 0 Å². The second-order valence-corrected chi connectivity index (χ2v) is 7.09. The van der Waals surface area contributed by atoms with Crippen molar-refractivity contribution in [2.24, 2.45) is 0 Å². The van der Waals surface area contributed by atoms with Crippen LogP contribution in [0.1, 0.15) is 11.1 Å². The number of likely N-dealkylation sites (N-methyl/N-ethyl adjacent to an activating group) is 1. The molecule has 2 heterocycles. The maximum absolute atomic E-state index is 12.4. The zero-order valence-corrected chi connectivity index (χ0v) is 16.9. The number of carbonyl (C=O) groups excluding carboxylic acids is 2. The van der Waals surface area contributed by atoms with Gasteiger partial charge in [0, 0.05) is 52.1 Å². The highest BCUT2D eigenvalue weighted by Crippen LogP contribution is 2.10. The molecular weight excluding hydrogens is 372 g/mol. The van der Waals surface area contributed by atoms with Crippen molar-refractivity contribution in [2.75, 3.05) is 45.7 Å². The molecule has 3 amide bonds. The molecule has 156 valence electrons. The highest BCUT2D eigenvalue weighted by Gasteiger charge is 2.19. The monoisotopic (exact) mass is 400 g/mol. The van der Waals surface area contributed by atoms with Gasteiger partial charge in [-0.2, -0.15) is 5.10 Å². The van der Waals surface area contributed by atoms with E-state index in [1.54, 1.807) is 24.1 Å². The van der Waals surface area contributed by atoms with Crippen molar-refractivity contribution in [3.63, 3.8) is 0 Å². The minimum Gasteiger partial charge on any atom is -0.380 e. The zero-order valence-electron chi connectivity index (χ0n) is 16.9. The number of aromatic nitrogens is 2. The van der Waals surface area contributed by atoms with E-state index in [2.05, 4.69) is 27.7 Å². The molecule has 9 nitrogen and oxygen atoms in total. The van der Waals surface area contributed by atoms with E-state index in [4.69, 9.17) is 4.74 Å². The molecule has 9 heteroatoms. The van der Waals surface area contributed by atoms with Gasteiger partial charge in [0.15, 0.2) is 5.82 Å². The molecule has 1 saturated heterocycles. The Hall–Kier alpha value is -2.91. The first kappa shape index (κ1) is 20.8. The van der Waals surface area contributed by atoms with Gasteiger partial charge in [0.05, 0.1) is 6.61 Å². The van der Waals surface area contributed by atoms with Crippen molar-refractivity contribution in [1.82, 2.24) is 24.9 Å². The average molecular weight is 400 g/mol. The van der Waals surface area contributed by atoms with Gasteiger partial charge in [-0.3, -0.25) is 14.8 Å². The number of rotatable bonds is 7. The molecule has 3 rings (SSSR count). The quantitative estimate of drug-likeness (QED) is 0.727. The minimum absolute atomic E-state index is 0.0342. The first-order valence-electron chi connectivity index (χ1n) is 9.65. The molecule has 1 aliphatic heterocycles. The third-order valence-electron chi connectivity index (χ3n) is 4.89. The van der Waals surface area contributed by atoms with Crippen LogP contribution in [-0.4, -0.2) is 71.9 Å². The van der Waals surface area contributed by atoms with Crippen molar-refractivity contribution in [3.05, 3.63) is 47.7 Å². The number of amides is 3. The Bertz CT molecular complexity index is 829. The maximum Gasteiger partial charge on any atom is 0.320 e. The van der Waals surface area contributed by atoms with Gasteiger partial charge in [-0.25, -0.2) is 4.79 Å². The summed E-state index contributed by atoms with van der Waals surface area (Å²) in [6, 6.07) is 9.11. The van der Waals surface area contributed by atoms with E-state index in [-0.39, 0.29) is 18.5 Å². The molecule has 0 saturated carbocycles. The van der Waals surface area contributed by atoms with E-state index in [1.165, 1.54) is 0 Å². The van der Waals surface area contributed by atoms with Gasteiger partial charge in [0.1, 0.15) is 6.54 Å². The Balaban J connectivity index is 1.47. The van der Waals surface area contributed by atoms with Crippen LogP contribution in [0.15, 0.2) is 36.5 Å². The predicted molar refractivity (Wildman–Crippen MR) is 109 cm³/mol. The minimum atomic E-state index is -0.354. The fraction of sp³-hybridized carbons (Fsp3) is 0.450. The Morgan fingerprint density at radius 1 is 1.10 bits per heavy atom. The Morgan fingerprint density at radius 3 is 2.55 bits per heavy atom. The number of piperazine rings is 1. The van der Waals surface area contributed by atoms with Gasteiger partial charge in [-0.05, 0) is 18.2 Å². The number of hydrogen-bond acceptors (Lipinski definition) is 5. The number of benzene rings is 1. The van der Waals surface area contributed by atoms with Crippen LogP contribution < -0.4 is 10.6 Å². The normalized spacial score (nSPS) is 14.6. The third-order valence-corrected chi connectivity index (χ3v) is 4.89. The lowest BCUT2D eigenvalue weighted by molar-refractivity contribution is -0.133. The number of urea groups is 1. The summed E-state index contributed by atoms with van der Waals surface area (Å²) >= 11 is 0. The number of carbonyl (C=O) groups is 2. The molecule has 29 heavy (non-hydrogen) atoms. The van der Waals surface area contributed by atoms with Crippen LogP contribution in [0.5, 0.6) is 0 Å². The molecule has 2 aromatic rings. The molecule has 1 aromatic heterocycles. The summed E-state index contributed by atoms with van der Waals surface area (Å²) in [6.45, 7) is 4.26. The summed E-state index contributed by atoms with van der Waals surface area (Å²) in [4.78, 5) is 28.6. The van der Waals surface area contributed by atoms with E-state index >= 15 is 0 Å². The summed E-state index contributed by atoms with van der Waals surface area (Å²) in [5, 5.41) is 9.78. The molecule has 0 spiro atoms. The van der Waals surface area contributed by atoms with Gasteiger partial charge >= 0.3 is 6.03 Å². The van der Waals surface area contributed by atoms with Crippen LogP contribution in [0.3, 0.4) is 0 Å². The largest absolute Gasteiger partial charge is 0.380 e. The predicted octanol–water partition coefficient (Wildman–Crippen LogP) is 1.13. The van der Waals surface area contributed by atoms with Crippen LogP contribution in [0.25, 0.3) is 0 Å². The van der Waals surface area contributed by atoms with Crippen molar-refractivity contribution in [1.29, 1.82) is 0 Å². The van der Waals surface area contributed by atoms with Gasteiger partial charge in [-0.15, -0.1) is 0 Å². The Morgan fingerprint density at radius 2 is 1.83 bits per heavy atom. The van der Waals surface area contributed by atoms with E-state index in [0.29, 0.717) is 19.0 Å². The summed E-state index contributed by atoms with van der Waals surface area (Å²) in [5.41, 5.74) is 2.02. The first-order chi connectivity index (χ1) is 14.0. The fourth-order valence-electron chi connectivity index (χ4n) is 3.17. The molecular formula is C20H28N6O3. The molecule has 0 aliphatic carbocycles. The average Bonchev–Trinajstić information content (AvgIpc) is 3.14. The lowest BCUT2D eigenvalue weighted by atomic mass is 10.1. The smallest absolute Gasteiger partial charge is 0.320 e. The fourth-order valence-corrected chi connectivity index (χ4v) is 3.17. The first-order valence-corrected chi connectivity index (χ1v) is 9.65. The second-order valence-electron chi connectivity index (χ2n) is 7.09. The summed E-state index contributed by atoms with van der Waals surface area (Å²) in [6.07, 6.45) is 1.69. The van der Waals surface area contributed by atoms with Crippen LogP contribution in [0.4, 0.5) is 10.6 Å². The molecule has 1 fully saturated rings. The number of ether oxygens (including phenoxy) is 1. The van der Waals surface area contributed by atoms with Crippen molar-refractivity contribution >= 4 is 17.8 Å². The number of nitrogens with zero attached hydrogens (tertiary/aromatic N) is 4. The third kappa shape index (κ3) is 6.03. The highest BCUT2D eigenvalue weighted by molar-refractivity contribution is 5.88. The molecule has 1 aliphatic rings. The number of hydrogen-bond donors (Lipinski definition) is 2. The number of methoxy groups -OCH3 is 1. The van der Waals surface area contributed by atoms with E-state index in [9.17, 15) is 9.59 Å². The summed E-state index contributed by atoms with van der Waals surface area (Å²) in [7, 11) is 3.69. The van der Waals surface area contributed by atoms with Gasteiger partial charge < -0.3 is 19.9 Å². The maximum atomic E-state index is 12.4. The molecule has 2 N–H and O–H groups in total. The Labute approximate surface area is 170 Å². The summed E-state index contributed by atoms with van der Waals surface area (Å²) in [5.74, 6) is 0.436. The lowest BCUT2D eigenvalue weighted by Gasteiger charge is -2.32. The zero-order chi connectivity index (χ0) is 20.6. The Kier molecular flexibility index (Phi) is 7.20. The number of anilines is 1. The molecule has 0 radical (unpaired) electrons. The van der Waals surface area contributed by atoms with Crippen molar-refractivity contribution in [3.8, 4) is 0 Å². The standard InChI is InChI=1S/C20H28N6O3/c1-24-9-11-25(12-10-24)19(27)14-26-8-7-18(23-26)22-20(28)21-13-16-5-3-4-6-17(16)15-29-2/h3-8H,9-15H2,1-2H3,(H2,21,22,23,28). The van der Waals surface area contributed by atoms with E-state index in [0.717, 1.165) is 37.3 Å². The molecule has 0 bridgehead atoms. The van der Waals surface area contributed by atoms with E-state index in [1.807, 2.05) is 29.2 Å².